The Hall–Kier alpha value is 0.711. The summed E-state index contributed by atoms with van der Waals surface area (Å²) in [5.74, 6) is -1.50. The molecule has 0 aliphatic rings. The maximum atomic E-state index is 10.6. The van der Waals surface area contributed by atoms with Crippen molar-refractivity contribution in [2.75, 3.05) is 7.11 Å². The number of hydrogen-bond donors (Lipinski definition) is 0. The first-order valence-corrected chi connectivity index (χ1v) is 2.71. The van der Waals surface area contributed by atoms with Crippen LogP contribution in [-0.4, -0.2) is 67.7 Å². The van der Waals surface area contributed by atoms with Gasteiger partial charge in [-0.05, 0) is 0 Å². The summed E-state index contributed by atoms with van der Waals surface area (Å²) >= 11 is 0. The Labute approximate surface area is 104 Å². The number of ketones is 1. The van der Waals surface area contributed by atoms with Crippen molar-refractivity contribution >= 4 is 60.6 Å². The van der Waals surface area contributed by atoms with Gasteiger partial charge in [-0.2, -0.15) is 0 Å². The fourth-order valence-electron chi connectivity index (χ4n) is 0.336. The minimum absolute atomic E-state index is 0. The summed E-state index contributed by atoms with van der Waals surface area (Å²) in [5, 5.41) is 0. The van der Waals surface area contributed by atoms with Gasteiger partial charge in [0.15, 0.2) is 0 Å². The molecule has 0 spiro atoms. The Morgan fingerprint density at radius 2 is 1.80 bits per heavy atom. The summed E-state index contributed by atoms with van der Waals surface area (Å²) in [6.07, 6.45) is 0. The Morgan fingerprint density at radius 3 is 1.90 bits per heavy atom. The number of carbonyl (C=O) groups is 2. The second kappa shape index (κ2) is 6.42. The van der Waals surface area contributed by atoms with Crippen molar-refractivity contribution in [3.05, 3.63) is 0 Å². The van der Waals surface area contributed by atoms with Crippen LogP contribution < -0.4 is 0 Å². The fraction of sp³-hybridized carbons (Fsp3) is 0.667. The van der Waals surface area contributed by atoms with Crippen LogP contribution in [0.2, 0.25) is 0 Å². The molecule has 0 aromatic heterocycles. The van der Waals surface area contributed by atoms with E-state index < -0.39 is 11.8 Å². The molecule has 10 heavy (non-hydrogen) atoms. The van der Waals surface area contributed by atoms with Crippen LogP contribution in [0, 0.1) is 5.92 Å². The number of ether oxygens (including phenoxy) is 1. The molecule has 0 heterocycles. The third-order valence-corrected chi connectivity index (χ3v) is 0.911. The first kappa shape index (κ1) is 13.3. The molecule has 0 bridgehead atoms. The van der Waals surface area contributed by atoms with Gasteiger partial charge in [0.2, 0.25) is 5.78 Å². The van der Waals surface area contributed by atoms with E-state index in [0.717, 1.165) is 0 Å². The van der Waals surface area contributed by atoms with Crippen LogP contribution in [0.25, 0.3) is 0 Å². The smallest absolute Gasteiger partial charge is 1.00 e. The SMILES string of the molecule is COC(=O)C(=O)C(C)C.[Ba+2].[H-].[H-]. The number of methoxy groups -OCH3 is 1. The van der Waals surface area contributed by atoms with Crippen LogP contribution in [0.15, 0.2) is 0 Å². The van der Waals surface area contributed by atoms with Gasteiger partial charge in [-0.3, -0.25) is 4.79 Å². The van der Waals surface area contributed by atoms with Crippen molar-refractivity contribution in [3.8, 4) is 0 Å². The molecule has 0 amide bonds. The third-order valence-electron chi connectivity index (χ3n) is 0.911. The van der Waals surface area contributed by atoms with Gasteiger partial charge < -0.3 is 7.59 Å². The third kappa shape index (κ3) is 4.52. The zero-order chi connectivity index (χ0) is 7.44. The Morgan fingerprint density at radius 1 is 1.40 bits per heavy atom. The number of Topliss-reactive ketones (excluding diaryl/α,β-unsaturated/α-hetero) is 1. The molecule has 0 atom stereocenters. The monoisotopic (exact) mass is 270 g/mol. The van der Waals surface area contributed by atoms with Crippen molar-refractivity contribution in [2.45, 2.75) is 13.8 Å². The quantitative estimate of drug-likeness (QED) is 0.409. The molecule has 0 radical (unpaired) electrons. The van der Waals surface area contributed by atoms with Crippen molar-refractivity contribution < 1.29 is 17.2 Å². The predicted octanol–water partition coefficient (Wildman–Crippen LogP) is 0.229. The standard InChI is InChI=1S/C6H10O3.Ba.2H/c1-4(2)5(7)6(8)9-3;;;/h4H,1-3H3;;;/q;+2;2*-1. The van der Waals surface area contributed by atoms with E-state index in [9.17, 15) is 9.59 Å². The van der Waals surface area contributed by atoms with Crippen molar-refractivity contribution in [3.63, 3.8) is 0 Å². The molecule has 0 saturated heterocycles. The average molecular weight is 269 g/mol. The number of hydrogen-bond acceptors (Lipinski definition) is 3. The van der Waals surface area contributed by atoms with Gasteiger partial charge in [-0.25, -0.2) is 4.79 Å². The van der Waals surface area contributed by atoms with E-state index >= 15 is 0 Å². The Bertz CT molecular complexity index is 139. The van der Waals surface area contributed by atoms with E-state index in [0.29, 0.717) is 0 Å². The largest absolute Gasteiger partial charge is 2.00 e. The van der Waals surface area contributed by atoms with Crippen LogP contribution in [-0.2, 0) is 14.3 Å². The van der Waals surface area contributed by atoms with E-state index in [2.05, 4.69) is 4.74 Å². The summed E-state index contributed by atoms with van der Waals surface area (Å²) in [6, 6.07) is 0. The fourth-order valence-corrected chi connectivity index (χ4v) is 0.336. The van der Waals surface area contributed by atoms with Gasteiger partial charge in [0, 0.05) is 5.92 Å². The Kier molecular flexibility index (Phi) is 8.55. The van der Waals surface area contributed by atoms with Crippen LogP contribution in [0.5, 0.6) is 0 Å². The Balaban J connectivity index is -0.000000107. The zero-order valence-corrected chi connectivity index (χ0v) is 10.9. The number of esters is 1. The maximum absolute atomic E-state index is 10.6. The molecule has 0 aromatic carbocycles. The van der Waals surface area contributed by atoms with Crippen molar-refractivity contribution in [1.29, 1.82) is 0 Å². The van der Waals surface area contributed by atoms with Gasteiger partial charge in [0.05, 0.1) is 7.11 Å². The molecule has 0 aliphatic heterocycles. The predicted molar refractivity (Wildman–Crippen MR) is 39.8 cm³/mol. The first-order chi connectivity index (χ1) is 4.09. The molecule has 0 fully saturated rings. The maximum Gasteiger partial charge on any atom is 2.00 e. The zero-order valence-electron chi connectivity index (χ0n) is 8.51. The molecule has 3 nitrogen and oxygen atoms in total. The van der Waals surface area contributed by atoms with E-state index in [4.69, 9.17) is 0 Å². The molecule has 4 heteroatoms. The minimum Gasteiger partial charge on any atom is -1.00 e. The summed E-state index contributed by atoms with van der Waals surface area (Å²) in [5.41, 5.74) is 0. The summed E-state index contributed by atoms with van der Waals surface area (Å²) in [6.45, 7) is 3.30. The second-order valence-corrected chi connectivity index (χ2v) is 2.01. The molecule has 0 aliphatic carbocycles. The van der Waals surface area contributed by atoms with Gasteiger partial charge in [-0.15, -0.1) is 0 Å². The first-order valence-electron chi connectivity index (χ1n) is 2.71. The van der Waals surface area contributed by atoms with Gasteiger partial charge >= 0.3 is 54.9 Å². The van der Waals surface area contributed by atoms with Gasteiger partial charge in [0.25, 0.3) is 0 Å². The summed E-state index contributed by atoms with van der Waals surface area (Å²) in [7, 11) is 1.20. The molecular formula is C6H12BaO3. The van der Waals surface area contributed by atoms with Gasteiger partial charge in [-0.1, -0.05) is 13.8 Å². The topological polar surface area (TPSA) is 43.4 Å². The molecule has 56 valence electrons. The molecule has 0 unspecified atom stereocenters. The molecule has 0 saturated carbocycles. The average Bonchev–Trinajstić information content (AvgIpc) is 1.84. The van der Waals surface area contributed by atoms with Crippen LogP contribution >= 0.6 is 0 Å². The van der Waals surface area contributed by atoms with Crippen molar-refractivity contribution in [1.82, 2.24) is 0 Å². The molecule has 0 rings (SSSR count). The van der Waals surface area contributed by atoms with Gasteiger partial charge in [0.1, 0.15) is 0 Å². The normalized spacial score (nSPS) is 8.40. The van der Waals surface area contributed by atoms with E-state index in [-0.39, 0.29) is 57.7 Å². The van der Waals surface area contributed by atoms with Crippen LogP contribution in [0.4, 0.5) is 0 Å². The van der Waals surface area contributed by atoms with E-state index in [1.165, 1.54) is 7.11 Å². The van der Waals surface area contributed by atoms with Crippen molar-refractivity contribution in [2.24, 2.45) is 5.92 Å². The minimum atomic E-state index is -0.759. The van der Waals surface area contributed by atoms with E-state index in [1.807, 2.05) is 0 Å². The van der Waals surface area contributed by atoms with Crippen LogP contribution in [0.3, 0.4) is 0 Å². The number of rotatable bonds is 2. The molecule has 0 aromatic rings. The molecule has 0 N–H and O–H groups in total. The molecular weight excluding hydrogens is 257 g/mol. The summed E-state index contributed by atoms with van der Waals surface area (Å²) < 4.78 is 4.18. The number of carbonyl (C=O) groups excluding carboxylic acids is 2. The van der Waals surface area contributed by atoms with Crippen LogP contribution in [0.1, 0.15) is 16.7 Å². The van der Waals surface area contributed by atoms with E-state index in [1.54, 1.807) is 13.8 Å². The summed E-state index contributed by atoms with van der Waals surface area (Å²) in [4.78, 5) is 21.0. The second-order valence-electron chi connectivity index (χ2n) is 2.01.